The number of amides is 1. The molecule has 1 N–H and O–H groups in total. The quantitative estimate of drug-likeness (QED) is 0.324. The lowest BCUT2D eigenvalue weighted by Crippen LogP contribution is -2.44. The fourth-order valence-electron chi connectivity index (χ4n) is 4.86. The Morgan fingerprint density at radius 2 is 1.62 bits per heavy atom. The number of hydrogen-bond acceptors (Lipinski definition) is 7. The first-order valence-electron chi connectivity index (χ1n) is 12.0. The van der Waals surface area contributed by atoms with Gasteiger partial charge in [-0.1, -0.05) is 0 Å². The highest BCUT2D eigenvalue weighted by Gasteiger charge is 2.47. The highest BCUT2D eigenvalue weighted by Crippen LogP contribution is 2.43. The minimum Gasteiger partial charge on any atom is -0.507 e. The zero-order chi connectivity index (χ0) is 26.1. The Morgan fingerprint density at radius 1 is 0.973 bits per heavy atom. The highest BCUT2D eigenvalue weighted by atomic mass is 19.1. The average molecular weight is 503 g/mol. The van der Waals surface area contributed by atoms with Crippen molar-refractivity contribution in [1.82, 2.24) is 9.88 Å². The van der Waals surface area contributed by atoms with E-state index >= 15 is 0 Å². The molecule has 2 saturated heterocycles. The number of hydrogen-bond donors (Lipinski definition) is 1. The number of rotatable bonds is 5. The van der Waals surface area contributed by atoms with Gasteiger partial charge in [-0.2, -0.15) is 0 Å². The van der Waals surface area contributed by atoms with Crippen LogP contribution in [0.5, 0.6) is 5.75 Å². The topological polar surface area (TPSA) is 86.2 Å². The maximum atomic E-state index is 14.1. The molecule has 2 fully saturated rings. The van der Waals surface area contributed by atoms with Gasteiger partial charge in [0, 0.05) is 49.9 Å². The first kappa shape index (κ1) is 24.5. The molecule has 5 rings (SSSR count). The van der Waals surface area contributed by atoms with E-state index in [9.17, 15) is 19.1 Å². The third kappa shape index (κ3) is 4.53. The number of methoxy groups -OCH3 is 1. The summed E-state index contributed by atoms with van der Waals surface area (Å²) in [6.07, 6.45) is 3.10. The Morgan fingerprint density at radius 3 is 2.27 bits per heavy atom. The van der Waals surface area contributed by atoms with Crippen molar-refractivity contribution < 1.29 is 23.8 Å². The number of halogens is 1. The van der Waals surface area contributed by atoms with Crippen molar-refractivity contribution in [2.45, 2.75) is 6.04 Å². The molecule has 0 spiro atoms. The Hall–Kier alpha value is -4.24. The summed E-state index contributed by atoms with van der Waals surface area (Å²) >= 11 is 0. The molecule has 1 amide bonds. The summed E-state index contributed by atoms with van der Waals surface area (Å²) < 4.78 is 19.4. The number of anilines is 2. The number of benzene rings is 2. The molecule has 1 aromatic heterocycles. The largest absolute Gasteiger partial charge is 0.507 e. The molecule has 2 aliphatic rings. The number of pyridine rings is 1. The lowest BCUT2D eigenvalue weighted by molar-refractivity contribution is -0.132. The fraction of sp³-hybridized carbons (Fsp3) is 0.250. The van der Waals surface area contributed by atoms with Crippen LogP contribution in [0.2, 0.25) is 0 Å². The zero-order valence-electron chi connectivity index (χ0n) is 20.6. The lowest BCUT2D eigenvalue weighted by atomic mass is 9.95. The predicted molar refractivity (Wildman–Crippen MR) is 138 cm³/mol. The Kier molecular flexibility index (Phi) is 6.62. The van der Waals surface area contributed by atoms with E-state index in [2.05, 4.69) is 21.8 Å². The third-order valence-electron chi connectivity index (χ3n) is 6.88. The summed E-state index contributed by atoms with van der Waals surface area (Å²) in [5.74, 6) is -2.60. The van der Waals surface area contributed by atoms with E-state index in [1.165, 1.54) is 24.1 Å². The van der Waals surface area contributed by atoms with E-state index < -0.39 is 29.3 Å². The van der Waals surface area contributed by atoms with Crippen molar-refractivity contribution in [3.63, 3.8) is 0 Å². The van der Waals surface area contributed by atoms with Crippen LogP contribution in [0.25, 0.3) is 5.76 Å². The van der Waals surface area contributed by atoms with E-state index in [1.807, 2.05) is 12.1 Å². The van der Waals surface area contributed by atoms with Crippen molar-refractivity contribution in [1.29, 1.82) is 0 Å². The number of ether oxygens (including phenoxy) is 1. The molecule has 190 valence electrons. The van der Waals surface area contributed by atoms with Gasteiger partial charge in [-0.05, 0) is 67.2 Å². The van der Waals surface area contributed by atoms with Gasteiger partial charge in [-0.3, -0.25) is 19.5 Å². The maximum absolute atomic E-state index is 14.1. The van der Waals surface area contributed by atoms with Gasteiger partial charge in [0.2, 0.25) is 0 Å². The number of carbonyl (C=O) groups excluding carboxylic acids is 2. The molecule has 0 aliphatic carbocycles. The van der Waals surface area contributed by atoms with E-state index in [0.717, 1.165) is 37.9 Å². The number of aliphatic hydroxyl groups is 1. The van der Waals surface area contributed by atoms with Gasteiger partial charge in [0.05, 0.1) is 24.3 Å². The summed E-state index contributed by atoms with van der Waals surface area (Å²) in [6.45, 7) is 3.71. The lowest BCUT2D eigenvalue weighted by Gasteiger charge is -2.34. The number of likely N-dealkylation sites (N-methyl/N-ethyl adjacent to an activating group) is 1. The molecule has 37 heavy (non-hydrogen) atoms. The molecule has 3 heterocycles. The second-order valence-electron chi connectivity index (χ2n) is 9.10. The Bertz CT molecular complexity index is 1350. The fourth-order valence-corrected chi connectivity index (χ4v) is 4.86. The van der Waals surface area contributed by atoms with Crippen molar-refractivity contribution in [3.05, 3.63) is 89.5 Å². The molecule has 9 heteroatoms. The number of ketones is 1. The minimum atomic E-state index is -0.939. The monoisotopic (exact) mass is 502 g/mol. The summed E-state index contributed by atoms with van der Waals surface area (Å²) in [5, 5.41) is 11.3. The maximum Gasteiger partial charge on any atom is 0.300 e. The van der Waals surface area contributed by atoms with Crippen molar-refractivity contribution in [2.75, 3.05) is 50.1 Å². The molecule has 3 aromatic rings. The molecule has 1 unspecified atom stereocenters. The normalized spacial score (nSPS) is 19.9. The first-order valence-corrected chi connectivity index (χ1v) is 12.0. The number of aliphatic hydroxyl groups excluding tert-OH is 1. The predicted octanol–water partition coefficient (Wildman–Crippen LogP) is 3.61. The van der Waals surface area contributed by atoms with Crippen LogP contribution in [-0.2, 0) is 9.59 Å². The summed E-state index contributed by atoms with van der Waals surface area (Å²) in [4.78, 5) is 36.7. The van der Waals surface area contributed by atoms with Crippen LogP contribution in [0.4, 0.5) is 15.8 Å². The summed E-state index contributed by atoms with van der Waals surface area (Å²) in [6, 6.07) is 13.5. The van der Waals surface area contributed by atoms with E-state index in [1.54, 1.807) is 36.7 Å². The van der Waals surface area contributed by atoms with Crippen LogP contribution in [0.1, 0.15) is 17.2 Å². The molecule has 8 nitrogen and oxygen atoms in total. The number of aromatic nitrogens is 1. The molecular weight excluding hydrogens is 475 g/mol. The van der Waals surface area contributed by atoms with Crippen molar-refractivity contribution >= 4 is 28.8 Å². The van der Waals surface area contributed by atoms with E-state index in [0.29, 0.717) is 11.3 Å². The molecule has 2 aliphatic heterocycles. The van der Waals surface area contributed by atoms with Crippen molar-refractivity contribution in [3.8, 4) is 5.75 Å². The van der Waals surface area contributed by atoms with Gasteiger partial charge >= 0.3 is 0 Å². The van der Waals surface area contributed by atoms with Crippen molar-refractivity contribution in [2.24, 2.45) is 0 Å². The van der Waals surface area contributed by atoms with Crippen LogP contribution < -0.4 is 14.5 Å². The zero-order valence-corrected chi connectivity index (χ0v) is 20.6. The smallest absolute Gasteiger partial charge is 0.300 e. The number of nitrogens with zero attached hydrogens (tertiary/aromatic N) is 4. The molecular formula is C28H27FN4O4. The first-order chi connectivity index (χ1) is 17.9. The molecule has 0 radical (unpaired) electrons. The molecule has 2 aromatic carbocycles. The molecule has 1 atom stereocenters. The number of Topliss-reactive ketones (excluding diaryl/α,β-unsaturated/α-hetero) is 1. The Labute approximate surface area is 214 Å². The van der Waals surface area contributed by atoms with E-state index in [4.69, 9.17) is 4.74 Å². The summed E-state index contributed by atoms with van der Waals surface area (Å²) in [5.41, 5.74) is 1.95. The van der Waals surface area contributed by atoms with Crippen LogP contribution in [0.15, 0.2) is 72.6 Å². The van der Waals surface area contributed by atoms with Gasteiger partial charge in [0.15, 0.2) is 0 Å². The standard InChI is InChI=1S/C28H27FN4O4/c1-31-13-15-32(16-14-31)20-4-6-21(7-5-20)33-25(18-9-11-30-12-10-18)24(27(35)28(33)36)26(34)22-17-19(29)3-8-23(22)37-2/h3-12,17,25,34H,13-16H2,1-2H3/b26-24+. The van der Waals surface area contributed by atoms with Gasteiger partial charge in [0.1, 0.15) is 17.3 Å². The van der Waals surface area contributed by atoms with Crippen LogP contribution in [0, 0.1) is 5.82 Å². The Balaban J connectivity index is 1.60. The summed E-state index contributed by atoms with van der Waals surface area (Å²) in [7, 11) is 3.47. The third-order valence-corrected chi connectivity index (χ3v) is 6.88. The van der Waals surface area contributed by atoms with Crippen LogP contribution in [0.3, 0.4) is 0 Å². The number of piperazine rings is 1. The van der Waals surface area contributed by atoms with Gasteiger partial charge in [0.25, 0.3) is 11.7 Å². The van der Waals surface area contributed by atoms with Crippen LogP contribution in [-0.4, -0.2) is 67.0 Å². The SMILES string of the molecule is COc1ccc(F)cc1/C(O)=C1\C(=O)C(=O)N(c2ccc(N3CCN(C)CC3)cc2)C1c1ccncc1. The van der Waals surface area contributed by atoms with Crippen LogP contribution >= 0.6 is 0 Å². The van der Waals surface area contributed by atoms with Gasteiger partial charge < -0.3 is 19.6 Å². The average Bonchev–Trinajstić information content (AvgIpc) is 3.19. The second-order valence-corrected chi connectivity index (χ2v) is 9.10. The molecule has 0 bridgehead atoms. The minimum absolute atomic E-state index is 0.00929. The molecule has 0 saturated carbocycles. The van der Waals surface area contributed by atoms with E-state index in [-0.39, 0.29) is 16.9 Å². The highest BCUT2D eigenvalue weighted by molar-refractivity contribution is 6.51. The van der Waals surface area contributed by atoms with Gasteiger partial charge in [-0.15, -0.1) is 0 Å². The second kappa shape index (κ2) is 10.0. The van der Waals surface area contributed by atoms with Gasteiger partial charge in [-0.25, -0.2) is 4.39 Å². The number of carbonyl (C=O) groups is 2.